The predicted molar refractivity (Wildman–Crippen MR) is 123 cm³/mol. The van der Waals surface area contributed by atoms with Crippen LogP contribution < -0.4 is 5.32 Å². The second-order valence-electron chi connectivity index (χ2n) is 8.27. The summed E-state index contributed by atoms with van der Waals surface area (Å²) in [4.78, 5) is 30.0. The average molecular weight is 432 g/mol. The number of rotatable bonds is 8. The summed E-state index contributed by atoms with van der Waals surface area (Å²) in [5.41, 5.74) is 3.45. The topological polar surface area (TPSA) is 65.8 Å². The van der Waals surface area contributed by atoms with Gasteiger partial charge in [-0.2, -0.15) is 0 Å². The van der Waals surface area contributed by atoms with Crippen LogP contribution in [0.5, 0.6) is 0 Å². The molecule has 0 saturated carbocycles. The molecule has 0 aliphatic carbocycles. The highest BCUT2D eigenvalue weighted by Crippen LogP contribution is 2.25. The minimum Gasteiger partial charge on any atom is -0.459 e. The van der Waals surface area contributed by atoms with E-state index in [9.17, 15) is 9.59 Å². The molecule has 2 heterocycles. The van der Waals surface area contributed by atoms with E-state index in [4.69, 9.17) is 4.42 Å². The number of hydrogen-bond acceptors (Lipinski definition) is 4. The first kappa shape index (κ1) is 21.8. The molecule has 1 aliphatic rings. The molecule has 1 N–H and O–H groups in total. The Morgan fingerprint density at radius 2 is 1.78 bits per heavy atom. The first-order chi connectivity index (χ1) is 15.6. The average Bonchev–Trinajstić information content (AvgIpc) is 3.36. The molecule has 32 heavy (non-hydrogen) atoms. The number of amides is 2. The van der Waals surface area contributed by atoms with Crippen molar-refractivity contribution in [3.63, 3.8) is 0 Å². The van der Waals surface area contributed by atoms with Crippen LogP contribution in [0, 0.1) is 0 Å². The van der Waals surface area contributed by atoms with Gasteiger partial charge in [-0.05, 0) is 48.8 Å². The van der Waals surface area contributed by atoms with Crippen LogP contribution in [-0.2, 0) is 24.3 Å². The van der Waals surface area contributed by atoms with E-state index < -0.39 is 6.04 Å². The van der Waals surface area contributed by atoms with Gasteiger partial charge in [-0.15, -0.1) is 0 Å². The van der Waals surface area contributed by atoms with Crippen LogP contribution in [0.1, 0.15) is 33.7 Å². The van der Waals surface area contributed by atoms with Crippen LogP contribution in [0.15, 0.2) is 77.4 Å². The smallest absolute Gasteiger partial charge is 0.290 e. The number of carbonyl (C=O) groups is 2. The molecule has 4 rings (SSSR count). The summed E-state index contributed by atoms with van der Waals surface area (Å²) in [6.07, 6.45) is 2.82. The van der Waals surface area contributed by atoms with E-state index in [-0.39, 0.29) is 17.6 Å². The van der Waals surface area contributed by atoms with Gasteiger partial charge in [0.25, 0.3) is 5.91 Å². The highest BCUT2D eigenvalue weighted by Gasteiger charge is 2.35. The minimum absolute atomic E-state index is 0.120. The Labute approximate surface area is 188 Å². The number of carbonyl (C=O) groups excluding carboxylic acids is 2. The molecule has 0 fully saturated rings. The van der Waals surface area contributed by atoms with Crippen molar-refractivity contribution in [2.75, 3.05) is 20.1 Å². The largest absolute Gasteiger partial charge is 0.459 e. The minimum atomic E-state index is -0.551. The zero-order chi connectivity index (χ0) is 22.3. The van der Waals surface area contributed by atoms with Crippen LogP contribution in [-0.4, -0.2) is 47.8 Å². The fourth-order valence-electron chi connectivity index (χ4n) is 4.16. The summed E-state index contributed by atoms with van der Waals surface area (Å²) in [6.45, 7) is 2.71. The standard InChI is InChI=1S/C26H29N3O3/c1-28(18-20-9-3-2-4-10-20)15-8-14-27-25(30)23-17-21-11-5-6-12-22(21)19-29(23)26(31)24-13-7-16-32-24/h2-7,9-13,16,23H,8,14-15,17-19H2,1H3,(H,27,30). The number of hydrogen-bond donors (Lipinski definition) is 1. The van der Waals surface area contributed by atoms with E-state index in [1.807, 2.05) is 42.5 Å². The number of nitrogens with one attached hydrogen (secondary N) is 1. The molecule has 0 bridgehead atoms. The normalized spacial score (nSPS) is 15.4. The Kier molecular flexibility index (Phi) is 7.02. The highest BCUT2D eigenvalue weighted by atomic mass is 16.3. The van der Waals surface area contributed by atoms with E-state index in [0.717, 1.165) is 30.6 Å². The Hall–Kier alpha value is -3.38. The first-order valence-electron chi connectivity index (χ1n) is 11.0. The van der Waals surface area contributed by atoms with Crippen LogP contribution >= 0.6 is 0 Å². The van der Waals surface area contributed by atoms with E-state index in [1.165, 1.54) is 11.8 Å². The van der Waals surface area contributed by atoms with Gasteiger partial charge < -0.3 is 19.5 Å². The lowest BCUT2D eigenvalue weighted by atomic mass is 9.93. The Balaban J connectivity index is 1.34. The molecule has 0 saturated heterocycles. The van der Waals surface area contributed by atoms with Crippen molar-refractivity contribution < 1.29 is 14.0 Å². The number of benzene rings is 2. The van der Waals surface area contributed by atoms with Gasteiger partial charge >= 0.3 is 0 Å². The Morgan fingerprint density at radius 1 is 1.03 bits per heavy atom. The van der Waals surface area contributed by atoms with Gasteiger partial charge in [-0.25, -0.2) is 0 Å². The molecule has 2 amide bonds. The second kappa shape index (κ2) is 10.3. The zero-order valence-corrected chi connectivity index (χ0v) is 18.4. The maximum atomic E-state index is 13.1. The van der Waals surface area contributed by atoms with Gasteiger partial charge in [-0.3, -0.25) is 9.59 Å². The third kappa shape index (κ3) is 5.26. The summed E-state index contributed by atoms with van der Waals surface area (Å²) < 4.78 is 5.31. The predicted octanol–water partition coefficient (Wildman–Crippen LogP) is 3.49. The molecule has 0 spiro atoms. The van der Waals surface area contributed by atoms with Gasteiger partial charge in [0.05, 0.1) is 6.26 Å². The summed E-state index contributed by atoms with van der Waals surface area (Å²) in [7, 11) is 2.08. The maximum absolute atomic E-state index is 13.1. The SMILES string of the molecule is CN(CCCNC(=O)C1Cc2ccccc2CN1C(=O)c1ccco1)Cc1ccccc1. The van der Waals surface area contributed by atoms with Gasteiger partial charge in [0, 0.05) is 26.1 Å². The summed E-state index contributed by atoms with van der Waals surface area (Å²) >= 11 is 0. The molecule has 1 aliphatic heterocycles. The summed E-state index contributed by atoms with van der Waals surface area (Å²) in [5.74, 6) is -0.123. The molecule has 1 aromatic heterocycles. The van der Waals surface area contributed by atoms with Gasteiger partial charge in [0.1, 0.15) is 6.04 Å². The van der Waals surface area contributed by atoms with E-state index in [1.54, 1.807) is 17.0 Å². The number of fused-ring (bicyclic) bond motifs is 1. The molecular weight excluding hydrogens is 402 g/mol. The van der Waals surface area contributed by atoms with Crippen molar-refractivity contribution >= 4 is 11.8 Å². The summed E-state index contributed by atoms with van der Waals surface area (Å²) in [5, 5.41) is 3.04. The quantitative estimate of drug-likeness (QED) is 0.555. The van der Waals surface area contributed by atoms with Gasteiger partial charge in [0.15, 0.2) is 5.76 Å². The fourth-order valence-corrected chi connectivity index (χ4v) is 4.16. The zero-order valence-electron chi connectivity index (χ0n) is 18.4. The summed E-state index contributed by atoms with van der Waals surface area (Å²) in [6, 6.07) is 21.1. The highest BCUT2D eigenvalue weighted by molar-refractivity contribution is 5.96. The second-order valence-corrected chi connectivity index (χ2v) is 8.27. The maximum Gasteiger partial charge on any atom is 0.290 e. The molecule has 166 valence electrons. The first-order valence-corrected chi connectivity index (χ1v) is 11.0. The Bertz CT molecular complexity index is 1030. The third-order valence-corrected chi connectivity index (χ3v) is 5.86. The molecular formula is C26H29N3O3. The van der Waals surface area contributed by atoms with Crippen LogP contribution in [0.3, 0.4) is 0 Å². The molecule has 3 aromatic rings. The monoisotopic (exact) mass is 431 g/mol. The molecule has 6 heteroatoms. The number of furan rings is 1. The lowest BCUT2D eigenvalue weighted by Crippen LogP contribution is -2.52. The number of nitrogens with zero attached hydrogens (tertiary/aromatic N) is 2. The lowest BCUT2D eigenvalue weighted by molar-refractivity contribution is -0.126. The van der Waals surface area contributed by atoms with Crippen molar-refractivity contribution in [2.24, 2.45) is 0 Å². The van der Waals surface area contributed by atoms with Gasteiger partial charge in [0.2, 0.25) is 5.91 Å². The van der Waals surface area contributed by atoms with Crippen LogP contribution in [0.25, 0.3) is 0 Å². The third-order valence-electron chi connectivity index (χ3n) is 5.86. The van der Waals surface area contributed by atoms with Crippen molar-refractivity contribution in [3.8, 4) is 0 Å². The van der Waals surface area contributed by atoms with Crippen molar-refractivity contribution in [1.29, 1.82) is 0 Å². The van der Waals surface area contributed by atoms with Crippen molar-refractivity contribution in [1.82, 2.24) is 15.1 Å². The van der Waals surface area contributed by atoms with Crippen molar-refractivity contribution in [3.05, 3.63) is 95.4 Å². The van der Waals surface area contributed by atoms with E-state index in [0.29, 0.717) is 19.5 Å². The van der Waals surface area contributed by atoms with Crippen molar-refractivity contribution in [2.45, 2.75) is 32.0 Å². The fraction of sp³-hybridized carbons (Fsp3) is 0.308. The van der Waals surface area contributed by atoms with Crippen LogP contribution in [0.2, 0.25) is 0 Å². The van der Waals surface area contributed by atoms with E-state index >= 15 is 0 Å². The van der Waals surface area contributed by atoms with Gasteiger partial charge in [-0.1, -0.05) is 54.6 Å². The molecule has 6 nitrogen and oxygen atoms in total. The Morgan fingerprint density at radius 3 is 2.53 bits per heavy atom. The molecule has 0 radical (unpaired) electrons. The van der Waals surface area contributed by atoms with Crippen LogP contribution in [0.4, 0.5) is 0 Å². The lowest BCUT2D eigenvalue weighted by Gasteiger charge is -2.35. The molecule has 1 unspecified atom stereocenters. The molecule has 2 aromatic carbocycles. The molecule has 1 atom stereocenters. The van der Waals surface area contributed by atoms with E-state index in [2.05, 4.69) is 29.4 Å².